The highest BCUT2D eigenvalue weighted by Crippen LogP contribution is 2.40. The fourth-order valence-corrected chi connectivity index (χ4v) is 2.43. The number of aromatic nitrogens is 2. The van der Waals surface area contributed by atoms with Gasteiger partial charge in [-0.15, -0.1) is 0 Å². The number of aryl methyl sites for hydroxylation is 1. The van der Waals surface area contributed by atoms with Gasteiger partial charge >= 0.3 is 13.3 Å². The summed E-state index contributed by atoms with van der Waals surface area (Å²) in [5.41, 5.74) is -1.56. The van der Waals surface area contributed by atoms with Crippen LogP contribution in [0.5, 0.6) is 0 Å². The molecule has 1 saturated heterocycles. The standard InChI is InChI=1S/C16H23BF4N2O3/c1-14(2)15(3,4)26-17(25-14)13(18)12(11-8-22-23(5)9-11)6-7-24-10-16(19,20)21/h8-9H,6-7,10H2,1-5H3. The molecule has 5 nitrogen and oxygen atoms in total. The maximum absolute atomic E-state index is 15.1. The molecule has 1 aliphatic heterocycles. The van der Waals surface area contributed by atoms with Crippen LogP contribution < -0.4 is 0 Å². The lowest BCUT2D eigenvalue weighted by atomic mass is 9.82. The second kappa shape index (κ2) is 7.32. The first-order chi connectivity index (χ1) is 11.8. The van der Waals surface area contributed by atoms with Gasteiger partial charge in [0, 0.05) is 18.8 Å². The van der Waals surface area contributed by atoms with Crippen LogP contribution in [0, 0.1) is 0 Å². The molecule has 2 rings (SSSR count). The summed E-state index contributed by atoms with van der Waals surface area (Å²) in [5, 5.41) is 3.98. The van der Waals surface area contributed by atoms with Crippen molar-refractivity contribution in [1.82, 2.24) is 9.78 Å². The van der Waals surface area contributed by atoms with Gasteiger partial charge in [0.15, 0.2) is 0 Å². The lowest BCUT2D eigenvalue weighted by Gasteiger charge is -2.32. The smallest absolute Gasteiger partial charge is 0.398 e. The van der Waals surface area contributed by atoms with Crippen molar-refractivity contribution < 1.29 is 31.6 Å². The lowest BCUT2D eigenvalue weighted by Crippen LogP contribution is -2.41. The van der Waals surface area contributed by atoms with Crippen molar-refractivity contribution in [3.63, 3.8) is 0 Å². The van der Waals surface area contributed by atoms with Crippen LogP contribution in [0.25, 0.3) is 5.57 Å². The molecule has 2 heterocycles. The zero-order chi connectivity index (χ0) is 19.8. The summed E-state index contributed by atoms with van der Waals surface area (Å²) in [5.74, 6) is 0. The highest BCUT2D eigenvalue weighted by atomic mass is 19.4. The van der Waals surface area contributed by atoms with E-state index in [2.05, 4.69) is 9.84 Å². The molecule has 146 valence electrons. The van der Waals surface area contributed by atoms with Gasteiger partial charge in [0.2, 0.25) is 0 Å². The molecular formula is C16H23BF4N2O3. The summed E-state index contributed by atoms with van der Waals surface area (Å²) >= 11 is 0. The number of hydrogen-bond donors (Lipinski definition) is 0. The van der Waals surface area contributed by atoms with Gasteiger partial charge < -0.3 is 14.0 Å². The average molecular weight is 378 g/mol. The average Bonchev–Trinajstić information content (AvgIpc) is 2.98. The Bertz CT molecular complexity index is 655. The van der Waals surface area contributed by atoms with Gasteiger partial charge in [0.1, 0.15) is 12.3 Å². The summed E-state index contributed by atoms with van der Waals surface area (Å²) in [4.78, 5) is 0. The van der Waals surface area contributed by atoms with Crippen molar-refractivity contribution in [2.24, 2.45) is 7.05 Å². The third kappa shape index (κ3) is 4.86. The molecule has 0 saturated carbocycles. The number of hydrogen-bond acceptors (Lipinski definition) is 4. The Morgan fingerprint density at radius 3 is 2.27 bits per heavy atom. The predicted molar refractivity (Wildman–Crippen MR) is 88.8 cm³/mol. The molecular weight excluding hydrogens is 355 g/mol. The number of halogens is 4. The maximum Gasteiger partial charge on any atom is 0.525 e. The number of nitrogens with zero attached hydrogens (tertiary/aromatic N) is 2. The molecule has 0 aliphatic carbocycles. The largest absolute Gasteiger partial charge is 0.525 e. The zero-order valence-electron chi connectivity index (χ0n) is 15.5. The van der Waals surface area contributed by atoms with Gasteiger partial charge in [-0.3, -0.25) is 4.68 Å². The molecule has 0 atom stereocenters. The third-order valence-corrected chi connectivity index (χ3v) is 4.56. The molecule has 0 aromatic carbocycles. The van der Waals surface area contributed by atoms with Gasteiger partial charge in [0.05, 0.1) is 24.0 Å². The van der Waals surface area contributed by atoms with Gasteiger partial charge in [0.25, 0.3) is 0 Å². The van der Waals surface area contributed by atoms with Crippen LogP contribution in [0.2, 0.25) is 0 Å². The number of rotatable bonds is 6. The van der Waals surface area contributed by atoms with E-state index in [1.54, 1.807) is 40.9 Å². The highest BCUT2D eigenvalue weighted by molar-refractivity contribution is 6.55. The van der Waals surface area contributed by atoms with Crippen LogP contribution in [0.15, 0.2) is 18.1 Å². The van der Waals surface area contributed by atoms with Gasteiger partial charge in [-0.2, -0.15) is 18.3 Å². The summed E-state index contributed by atoms with van der Waals surface area (Å²) in [6.07, 6.45) is -1.49. The Labute approximate surface area is 150 Å². The van der Waals surface area contributed by atoms with Gasteiger partial charge in [-0.1, -0.05) is 0 Å². The first-order valence-electron chi connectivity index (χ1n) is 8.20. The van der Waals surface area contributed by atoms with Crippen LogP contribution in [0.1, 0.15) is 39.7 Å². The van der Waals surface area contributed by atoms with Crippen LogP contribution >= 0.6 is 0 Å². The Balaban J connectivity index is 2.21. The quantitative estimate of drug-likeness (QED) is 0.430. The van der Waals surface area contributed by atoms with E-state index in [4.69, 9.17) is 9.31 Å². The van der Waals surface area contributed by atoms with Crippen LogP contribution in [0.4, 0.5) is 17.6 Å². The van der Waals surface area contributed by atoms with Crippen molar-refractivity contribution in [3.05, 3.63) is 23.7 Å². The van der Waals surface area contributed by atoms with Crippen molar-refractivity contribution >= 4 is 12.7 Å². The van der Waals surface area contributed by atoms with E-state index in [1.165, 1.54) is 10.9 Å². The molecule has 0 N–H and O–H groups in total. The molecule has 0 amide bonds. The van der Waals surface area contributed by atoms with Crippen LogP contribution in [-0.2, 0) is 21.1 Å². The fourth-order valence-electron chi connectivity index (χ4n) is 2.43. The molecule has 0 unspecified atom stereocenters. The van der Waals surface area contributed by atoms with E-state index in [-0.39, 0.29) is 18.6 Å². The molecule has 1 aromatic heterocycles. The number of ether oxygens (including phenoxy) is 1. The predicted octanol–water partition coefficient (Wildman–Crippen LogP) is 3.70. The molecule has 26 heavy (non-hydrogen) atoms. The zero-order valence-corrected chi connectivity index (χ0v) is 15.5. The molecule has 1 fully saturated rings. The minimum atomic E-state index is -4.43. The van der Waals surface area contributed by atoms with E-state index in [0.29, 0.717) is 5.56 Å². The van der Waals surface area contributed by atoms with Gasteiger partial charge in [-0.25, -0.2) is 4.39 Å². The second-order valence-corrected chi connectivity index (χ2v) is 7.24. The second-order valence-electron chi connectivity index (χ2n) is 7.24. The molecule has 0 bridgehead atoms. The summed E-state index contributed by atoms with van der Waals surface area (Å²) < 4.78 is 69.3. The Kier molecular flexibility index (Phi) is 5.89. The van der Waals surface area contributed by atoms with Crippen LogP contribution in [-0.4, -0.2) is 47.5 Å². The molecule has 10 heteroatoms. The lowest BCUT2D eigenvalue weighted by molar-refractivity contribution is -0.173. The molecule has 1 aliphatic rings. The van der Waals surface area contributed by atoms with E-state index >= 15 is 4.39 Å². The van der Waals surface area contributed by atoms with E-state index in [9.17, 15) is 13.2 Å². The molecule has 0 spiro atoms. The van der Waals surface area contributed by atoms with E-state index < -0.39 is 36.8 Å². The topological polar surface area (TPSA) is 45.5 Å². The van der Waals surface area contributed by atoms with Crippen molar-refractivity contribution in [2.45, 2.75) is 51.5 Å². The minimum absolute atomic E-state index is 0.0717. The van der Waals surface area contributed by atoms with Crippen molar-refractivity contribution in [2.75, 3.05) is 13.2 Å². The Morgan fingerprint density at radius 1 is 1.23 bits per heavy atom. The van der Waals surface area contributed by atoms with Crippen molar-refractivity contribution in [3.8, 4) is 0 Å². The SMILES string of the molecule is Cn1cc(C(CCOCC(F)(F)F)=C(F)B2OC(C)(C)C(C)(C)O2)cn1. The monoisotopic (exact) mass is 378 g/mol. The third-order valence-electron chi connectivity index (χ3n) is 4.56. The fraction of sp³-hybridized carbons (Fsp3) is 0.688. The first kappa shape index (κ1) is 20.9. The normalized spacial score (nSPS) is 20.4. The molecule has 1 aromatic rings. The van der Waals surface area contributed by atoms with Crippen molar-refractivity contribution in [1.29, 1.82) is 0 Å². The minimum Gasteiger partial charge on any atom is -0.398 e. The Hall–Kier alpha value is -1.39. The van der Waals surface area contributed by atoms with Gasteiger partial charge in [-0.05, 0) is 39.7 Å². The first-order valence-corrected chi connectivity index (χ1v) is 8.20. The Morgan fingerprint density at radius 2 is 1.81 bits per heavy atom. The molecule has 0 radical (unpaired) electrons. The summed E-state index contributed by atoms with van der Waals surface area (Å²) in [6.45, 7) is 5.47. The summed E-state index contributed by atoms with van der Waals surface area (Å²) in [6, 6.07) is 0. The summed E-state index contributed by atoms with van der Waals surface area (Å²) in [7, 11) is 0.423. The van der Waals surface area contributed by atoms with E-state index in [1.807, 2.05) is 0 Å². The maximum atomic E-state index is 15.1. The highest BCUT2D eigenvalue weighted by Gasteiger charge is 2.53. The van der Waals surface area contributed by atoms with Crippen LogP contribution in [0.3, 0.4) is 0 Å². The number of alkyl halides is 3. The van der Waals surface area contributed by atoms with E-state index in [0.717, 1.165) is 0 Å².